The first-order chi connectivity index (χ1) is 11.0. The molecule has 2 heterocycles. The Labute approximate surface area is 134 Å². The van der Waals surface area contributed by atoms with Crippen LogP contribution in [0.4, 0.5) is 4.39 Å². The summed E-state index contributed by atoms with van der Waals surface area (Å²) in [4.78, 5) is 27.0. The monoisotopic (exact) mass is 320 g/mol. The van der Waals surface area contributed by atoms with Crippen molar-refractivity contribution < 1.29 is 19.1 Å². The van der Waals surface area contributed by atoms with E-state index in [1.165, 1.54) is 12.1 Å². The van der Waals surface area contributed by atoms with Gasteiger partial charge < -0.3 is 10.0 Å². The average Bonchev–Trinajstić information content (AvgIpc) is 2.79. The van der Waals surface area contributed by atoms with E-state index in [1.807, 2.05) is 15.9 Å². The van der Waals surface area contributed by atoms with Crippen LogP contribution in [0.5, 0.6) is 0 Å². The van der Waals surface area contributed by atoms with Gasteiger partial charge in [0.15, 0.2) is 0 Å². The SMILES string of the molecule is O=C(O)CN1CCC2(CCC(=O)N2Cc2cccc(F)c2)CC1. The van der Waals surface area contributed by atoms with E-state index < -0.39 is 5.97 Å². The lowest BCUT2D eigenvalue weighted by Gasteiger charge is -2.44. The number of hydrogen-bond acceptors (Lipinski definition) is 3. The van der Waals surface area contributed by atoms with Gasteiger partial charge in [0.05, 0.1) is 6.54 Å². The fraction of sp³-hybridized carbons (Fsp3) is 0.529. The quantitative estimate of drug-likeness (QED) is 0.920. The summed E-state index contributed by atoms with van der Waals surface area (Å²) in [6.45, 7) is 1.84. The molecule has 2 aliphatic heterocycles. The van der Waals surface area contributed by atoms with Crippen molar-refractivity contribution in [3.8, 4) is 0 Å². The first kappa shape index (κ1) is 15.9. The van der Waals surface area contributed by atoms with E-state index in [2.05, 4.69) is 0 Å². The second-order valence-electron chi connectivity index (χ2n) is 6.50. The Morgan fingerprint density at radius 1 is 1.26 bits per heavy atom. The molecule has 2 aliphatic rings. The van der Waals surface area contributed by atoms with Crippen molar-refractivity contribution in [3.05, 3.63) is 35.6 Å². The lowest BCUT2D eigenvalue weighted by molar-refractivity contribution is -0.140. The molecule has 1 N–H and O–H groups in total. The number of halogens is 1. The molecule has 2 saturated heterocycles. The van der Waals surface area contributed by atoms with Gasteiger partial charge in [0, 0.05) is 31.6 Å². The zero-order valence-electron chi connectivity index (χ0n) is 13.0. The van der Waals surface area contributed by atoms with Crippen LogP contribution in [0.25, 0.3) is 0 Å². The molecule has 6 heteroatoms. The van der Waals surface area contributed by atoms with Crippen LogP contribution in [-0.2, 0) is 16.1 Å². The van der Waals surface area contributed by atoms with Crippen molar-refractivity contribution in [1.82, 2.24) is 9.80 Å². The summed E-state index contributed by atoms with van der Waals surface area (Å²) in [7, 11) is 0. The molecular weight excluding hydrogens is 299 g/mol. The fourth-order valence-electron chi connectivity index (χ4n) is 3.79. The van der Waals surface area contributed by atoms with Crippen molar-refractivity contribution in [3.63, 3.8) is 0 Å². The number of nitrogens with zero attached hydrogens (tertiary/aromatic N) is 2. The Hall–Kier alpha value is -1.95. The molecule has 0 atom stereocenters. The number of rotatable bonds is 4. The van der Waals surface area contributed by atoms with Crippen molar-refractivity contribution in [2.45, 2.75) is 37.8 Å². The van der Waals surface area contributed by atoms with Crippen molar-refractivity contribution in [2.75, 3.05) is 19.6 Å². The molecule has 1 aromatic rings. The molecule has 1 aromatic carbocycles. The van der Waals surface area contributed by atoms with Crippen LogP contribution in [0.15, 0.2) is 24.3 Å². The van der Waals surface area contributed by atoms with Gasteiger partial charge in [-0.25, -0.2) is 4.39 Å². The minimum atomic E-state index is -0.819. The van der Waals surface area contributed by atoms with Crippen LogP contribution in [0.3, 0.4) is 0 Å². The summed E-state index contributed by atoms with van der Waals surface area (Å²) in [6.07, 6.45) is 2.89. The summed E-state index contributed by atoms with van der Waals surface area (Å²) >= 11 is 0. The number of benzene rings is 1. The van der Waals surface area contributed by atoms with Crippen LogP contribution >= 0.6 is 0 Å². The van der Waals surface area contributed by atoms with E-state index in [0.29, 0.717) is 26.1 Å². The molecule has 1 spiro atoms. The van der Waals surface area contributed by atoms with Crippen molar-refractivity contribution in [2.24, 2.45) is 0 Å². The first-order valence-electron chi connectivity index (χ1n) is 7.98. The lowest BCUT2D eigenvalue weighted by Crippen LogP contribution is -2.53. The second kappa shape index (κ2) is 6.28. The van der Waals surface area contributed by atoms with Gasteiger partial charge >= 0.3 is 5.97 Å². The summed E-state index contributed by atoms with van der Waals surface area (Å²) < 4.78 is 13.4. The molecule has 1 amide bonds. The van der Waals surface area contributed by atoms with E-state index in [0.717, 1.165) is 24.8 Å². The number of piperidine rings is 1. The molecule has 5 nitrogen and oxygen atoms in total. The molecule has 0 aromatic heterocycles. The summed E-state index contributed by atoms with van der Waals surface area (Å²) in [5.41, 5.74) is 0.603. The highest BCUT2D eigenvalue weighted by Crippen LogP contribution is 2.40. The Balaban J connectivity index is 1.71. The molecule has 0 radical (unpaired) electrons. The van der Waals surface area contributed by atoms with Gasteiger partial charge in [0.2, 0.25) is 5.91 Å². The summed E-state index contributed by atoms with van der Waals surface area (Å²) in [6, 6.07) is 6.36. The van der Waals surface area contributed by atoms with Gasteiger partial charge in [-0.1, -0.05) is 12.1 Å². The summed E-state index contributed by atoms with van der Waals surface area (Å²) in [5, 5.41) is 8.90. The van der Waals surface area contributed by atoms with E-state index in [-0.39, 0.29) is 23.8 Å². The minimum Gasteiger partial charge on any atom is -0.480 e. The smallest absolute Gasteiger partial charge is 0.317 e. The lowest BCUT2D eigenvalue weighted by atomic mass is 9.84. The van der Waals surface area contributed by atoms with E-state index in [9.17, 15) is 14.0 Å². The number of carboxylic acid groups (broad SMARTS) is 1. The van der Waals surface area contributed by atoms with Gasteiger partial charge in [-0.05, 0) is 37.0 Å². The fourth-order valence-corrected chi connectivity index (χ4v) is 3.79. The van der Waals surface area contributed by atoms with Gasteiger partial charge in [-0.3, -0.25) is 14.5 Å². The number of aliphatic carboxylic acids is 1. The third-order valence-corrected chi connectivity index (χ3v) is 5.05. The van der Waals surface area contributed by atoms with Crippen LogP contribution in [-0.4, -0.2) is 52.0 Å². The molecule has 0 unspecified atom stereocenters. The highest BCUT2D eigenvalue weighted by atomic mass is 19.1. The highest BCUT2D eigenvalue weighted by molar-refractivity contribution is 5.79. The number of hydrogen-bond donors (Lipinski definition) is 1. The third kappa shape index (κ3) is 3.37. The number of carbonyl (C=O) groups is 2. The molecule has 3 rings (SSSR count). The largest absolute Gasteiger partial charge is 0.480 e. The van der Waals surface area contributed by atoms with Crippen LogP contribution in [0.2, 0.25) is 0 Å². The Morgan fingerprint density at radius 3 is 2.65 bits per heavy atom. The van der Waals surface area contributed by atoms with Gasteiger partial charge in [-0.15, -0.1) is 0 Å². The zero-order valence-corrected chi connectivity index (χ0v) is 13.0. The number of carboxylic acids is 1. The maximum absolute atomic E-state index is 13.4. The van der Waals surface area contributed by atoms with Crippen LogP contribution < -0.4 is 0 Å². The Kier molecular flexibility index (Phi) is 4.35. The molecular formula is C17H21FN2O3. The molecule has 0 aliphatic carbocycles. The van der Waals surface area contributed by atoms with Crippen LogP contribution in [0.1, 0.15) is 31.2 Å². The molecule has 23 heavy (non-hydrogen) atoms. The molecule has 124 valence electrons. The normalized spacial score (nSPS) is 21.1. The van der Waals surface area contributed by atoms with Crippen molar-refractivity contribution >= 4 is 11.9 Å². The van der Waals surface area contributed by atoms with E-state index in [4.69, 9.17) is 5.11 Å². The number of likely N-dealkylation sites (tertiary alicyclic amines) is 2. The van der Waals surface area contributed by atoms with Gasteiger partial charge in [-0.2, -0.15) is 0 Å². The standard InChI is InChI=1S/C17H21FN2O3/c18-14-3-1-2-13(10-14)11-20-15(21)4-5-17(20)6-8-19(9-7-17)12-16(22)23/h1-3,10H,4-9,11-12H2,(H,22,23). The predicted molar refractivity (Wildman–Crippen MR) is 82.2 cm³/mol. The third-order valence-electron chi connectivity index (χ3n) is 5.05. The second-order valence-corrected chi connectivity index (χ2v) is 6.50. The first-order valence-corrected chi connectivity index (χ1v) is 7.98. The molecule has 0 bridgehead atoms. The number of carbonyl (C=O) groups excluding carboxylic acids is 1. The van der Waals surface area contributed by atoms with Gasteiger partial charge in [0.25, 0.3) is 0 Å². The zero-order chi connectivity index (χ0) is 16.4. The van der Waals surface area contributed by atoms with E-state index >= 15 is 0 Å². The maximum atomic E-state index is 13.4. The average molecular weight is 320 g/mol. The predicted octanol–water partition coefficient (Wildman–Crippen LogP) is 1.87. The van der Waals surface area contributed by atoms with Gasteiger partial charge in [0.1, 0.15) is 5.82 Å². The Bertz CT molecular complexity index is 612. The topological polar surface area (TPSA) is 60.9 Å². The molecule has 2 fully saturated rings. The maximum Gasteiger partial charge on any atom is 0.317 e. The minimum absolute atomic E-state index is 0.0495. The molecule has 0 saturated carbocycles. The van der Waals surface area contributed by atoms with Crippen LogP contribution in [0, 0.1) is 5.82 Å². The summed E-state index contributed by atoms with van der Waals surface area (Å²) in [5.74, 6) is -1.000. The highest BCUT2D eigenvalue weighted by Gasteiger charge is 2.46. The van der Waals surface area contributed by atoms with Crippen molar-refractivity contribution in [1.29, 1.82) is 0 Å². The Morgan fingerprint density at radius 2 is 2.00 bits per heavy atom. The van der Waals surface area contributed by atoms with E-state index in [1.54, 1.807) is 6.07 Å². The number of amides is 1.